The molecule has 3 nitrogen and oxygen atoms in total. The third-order valence-electron chi connectivity index (χ3n) is 4.50. The predicted octanol–water partition coefficient (Wildman–Crippen LogP) is 2.35. The zero-order chi connectivity index (χ0) is 12.1. The van der Waals surface area contributed by atoms with Gasteiger partial charge in [0.1, 0.15) is 0 Å². The standard InChI is InChI=1S/C14H27NO2/c1-3-17-14(8-4-5-9-14)13(15-2)12-6-10-16-11-7-12/h12-13,15H,3-11H2,1-2H3. The zero-order valence-corrected chi connectivity index (χ0v) is 11.3. The summed E-state index contributed by atoms with van der Waals surface area (Å²) in [6, 6.07) is 0.508. The molecule has 0 aromatic rings. The molecular formula is C14H27NO2. The van der Waals surface area contributed by atoms with Crippen LogP contribution in [0.25, 0.3) is 0 Å². The second kappa shape index (κ2) is 6.17. The lowest BCUT2D eigenvalue weighted by Gasteiger charge is -2.43. The van der Waals surface area contributed by atoms with Gasteiger partial charge in [-0.3, -0.25) is 0 Å². The molecule has 1 saturated heterocycles. The first-order chi connectivity index (χ1) is 8.32. The van der Waals surface area contributed by atoms with Crippen LogP contribution in [0.5, 0.6) is 0 Å². The highest BCUT2D eigenvalue weighted by molar-refractivity contribution is 5.00. The molecule has 0 spiro atoms. The Kier molecular flexibility index (Phi) is 4.83. The van der Waals surface area contributed by atoms with Crippen LogP contribution in [0.15, 0.2) is 0 Å². The van der Waals surface area contributed by atoms with E-state index in [9.17, 15) is 0 Å². The van der Waals surface area contributed by atoms with E-state index in [1.165, 1.54) is 38.5 Å². The van der Waals surface area contributed by atoms with Crippen LogP contribution in [0.1, 0.15) is 45.4 Å². The fourth-order valence-corrected chi connectivity index (χ4v) is 3.78. The van der Waals surface area contributed by atoms with Crippen LogP contribution in [-0.2, 0) is 9.47 Å². The van der Waals surface area contributed by atoms with E-state index in [1.54, 1.807) is 0 Å². The monoisotopic (exact) mass is 241 g/mol. The molecule has 100 valence electrons. The molecule has 0 aromatic heterocycles. The molecule has 1 atom stereocenters. The topological polar surface area (TPSA) is 30.5 Å². The van der Waals surface area contributed by atoms with E-state index in [4.69, 9.17) is 9.47 Å². The van der Waals surface area contributed by atoms with E-state index in [0.29, 0.717) is 6.04 Å². The molecule has 0 aromatic carbocycles. The van der Waals surface area contributed by atoms with Gasteiger partial charge in [0.25, 0.3) is 0 Å². The molecule has 17 heavy (non-hydrogen) atoms. The molecule has 1 heterocycles. The average molecular weight is 241 g/mol. The van der Waals surface area contributed by atoms with Crippen molar-refractivity contribution < 1.29 is 9.47 Å². The molecule has 0 bridgehead atoms. The number of nitrogens with one attached hydrogen (secondary N) is 1. The summed E-state index contributed by atoms with van der Waals surface area (Å²) in [6.07, 6.45) is 7.46. The Bertz CT molecular complexity index is 220. The fourth-order valence-electron chi connectivity index (χ4n) is 3.78. The van der Waals surface area contributed by atoms with Crippen LogP contribution in [0.3, 0.4) is 0 Å². The second-order valence-corrected chi connectivity index (χ2v) is 5.42. The van der Waals surface area contributed by atoms with Gasteiger partial charge in [0.05, 0.1) is 5.60 Å². The number of ether oxygens (including phenoxy) is 2. The van der Waals surface area contributed by atoms with Crippen LogP contribution in [-0.4, -0.2) is 38.5 Å². The van der Waals surface area contributed by atoms with Crippen LogP contribution in [0, 0.1) is 5.92 Å². The van der Waals surface area contributed by atoms with Crippen LogP contribution < -0.4 is 5.32 Å². The average Bonchev–Trinajstić information content (AvgIpc) is 2.81. The third kappa shape index (κ3) is 2.83. The zero-order valence-electron chi connectivity index (χ0n) is 11.3. The molecule has 1 N–H and O–H groups in total. The molecule has 1 saturated carbocycles. The van der Waals surface area contributed by atoms with Gasteiger partial charge in [0.15, 0.2) is 0 Å². The molecule has 1 aliphatic carbocycles. The van der Waals surface area contributed by atoms with Crippen LogP contribution in [0.2, 0.25) is 0 Å². The first-order valence-electron chi connectivity index (χ1n) is 7.21. The Labute approximate surface area is 105 Å². The van der Waals surface area contributed by atoms with Gasteiger partial charge >= 0.3 is 0 Å². The molecule has 1 unspecified atom stereocenters. The van der Waals surface area contributed by atoms with Crippen molar-refractivity contribution >= 4 is 0 Å². The summed E-state index contributed by atoms with van der Waals surface area (Å²) in [5, 5.41) is 3.56. The molecule has 3 heteroatoms. The largest absolute Gasteiger partial charge is 0.381 e. The van der Waals surface area contributed by atoms with E-state index in [2.05, 4.69) is 19.3 Å². The highest BCUT2D eigenvalue weighted by Gasteiger charge is 2.45. The molecule has 2 aliphatic rings. The Morgan fingerprint density at radius 1 is 1.29 bits per heavy atom. The van der Waals surface area contributed by atoms with E-state index in [-0.39, 0.29) is 5.60 Å². The summed E-state index contributed by atoms with van der Waals surface area (Å²) in [5.41, 5.74) is 0.103. The van der Waals surface area contributed by atoms with Crippen molar-refractivity contribution in [3.8, 4) is 0 Å². The van der Waals surface area contributed by atoms with Gasteiger partial charge in [0, 0.05) is 25.9 Å². The molecular weight excluding hydrogens is 214 g/mol. The van der Waals surface area contributed by atoms with Gasteiger partial charge in [-0.25, -0.2) is 0 Å². The van der Waals surface area contributed by atoms with Crippen molar-refractivity contribution in [1.82, 2.24) is 5.32 Å². The minimum absolute atomic E-state index is 0.103. The van der Waals surface area contributed by atoms with Gasteiger partial charge in [0.2, 0.25) is 0 Å². The summed E-state index contributed by atoms with van der Waals surface area (Å²) in [7, 11) is 2.10. The normalized spacial score (nSPS) is 27.2. The molecule has 1 aliphatic heterocycles. The van der Waals surface area contributed by atoms with E-state index in [0.717, 1.165) is 25.7 Å². The molecule has 0 radical (unpaired) electrons. The van der Waals surface area contributed by atoms with Gasteiger partial charge < -0.3 is 14.8 Å². The minimum Gasteiger partial charge on any atom is -0.381 e. The van der Waals surface area contributed by atoms with Gasteiger partial charge in [-0.1, -0.05) is 12.8 Å². The lowest BCUT2D eigenvalue weighted by atomic mass is 9.79. The first kappa shape index (κ1) is 13.3. The number of hydrogen-bond donors (Lipinski definition) is 1. The summed E-state index contributed by atoms with van der Waals surface area (Å²) in [6.45, 7) is 4.80. The highest BCUT2D eigenvalue weighted by atomic mass is 16.5. The number of hydrogen-bond acceptors (Lipinski definition) is 3. The van der Waals surface area contributed by atoms with E-state index >= 15 is 0 Å². The molecule has 2 rings (SSSR count). The Morgan fingerprint density at radius 3 is 2.47 bits per heavy atom. The SMILES string of the molecule is CCOC1(C(NC)C2CCOCC2)CCCC1. The van der Waals surface area contributed by atoms with Gasteiger partial charge in [-0.15, -0.1) is 0 Å². The lowest BCUT2D eigenvalue weighted by molar-refractivity contribution is -0.0856. The summed E-state index contributed by atoms with van der Waals surface area (Å²) in [5.74, 6) is 0.721. The van der Waals surface area contributed by atoms with Crippen molar-refractivity contribution in [2.75, 3.05) is 26.9 Å². The summed E-state index contributed by atoms with van der Waals surface area (Å²) < 4.78 is 11.7. The van der Waals surface area contributed by atoms with Crippen molar-refractivity contribution in [2.45, 2.75) is 57.1 Å². The summed E-state index contributed by atoms with van der Waals surface area (Å²) >= 11 is 0. The summed E-state index contributed by atoms with van der Waals surface area (Å²) in [4.78, 5) is 0. The van der Waals surface area contributed by atoms with Gasteiger partial charge in [-0.05, 0) is 45.6 Å². The Balaban J connectivity index is 2.07. The van der Waals surface area contributed by atoms with Crippen molar-refractivity contribution in [3.63, 3.8) is 0 Å². The Hall–Kier alpha value is -0.120. The number of rotatable bonds is 5. The minimum atomic E-state index is 0.103. The maximum Gasteiger partial charge on any atom is 0.0837 e. The highest BCUT2D eigenvalue weighted by Crippen LogP contribution is 2.40. The maximum absolute atomic E-state index is 6.19. The molecule has 0 amide bonds. The molecule has 2 fully saturated rings. The van der Waals surface area contributed by atoms with Crippen molar-refractivity contribution in [2.24, 2.45) is 5.92 Å². The fraction of sp³-hybridized carbons (Fsp3) is 1.00. The smallest absolute Gasteiger partial charge is 0.0837 e. The van der Waals surface area contributed by atoms with Crippen LogP contribution in [0.4, 0.5) is 0 Å². The predicted molar refractivity (Wildman–Crippen MR) is 69.2 cm³/mol. The second-order valence-electron chi connectivity index (χ2n) is 5.42. The maximum atomic E-state index is 6.19. The first-order valence-corrected chi connectivity index (χ1v) is 7.21. The van der Waals surface area contributed by atoms with E-state index < -0.39 is 0 Å². The Morgan fingerprint density at radius 2 is 1.94 bits per heavy atom. The number of likely N-dealkylation sites (N-methyl/N-ethyl adjacent to an activating group) is 1. The quantitative estimate of drug-likeness (QED) is 0.801. The van der Waals surface area contributed by atoms with E-state index in [1.807, 2.05) is 0 Å². The lowest BCUT2D eigenvalue weighted by Crippen LogP contribution is -2.54. The van der Waals surface area contributed by atoms with Crippen LogP contribution >= 0.6 is 0 Å². The van der Waals surface area contributed by atoms with Gasteiger partial charge in [-0.2, -0.15) is 0 Å². The third-order valence-corrected chi connectivity index (χ3v) is 4.50. The van der Waals surface area contributed by atoms with Crippen molar-refractivity contribution in [3.05, 3.63) is 0 Å². The van der Waals surface area contributed by atoms with Crippen molar-refractivity contribution in [1.29, 1.82) is 0 Å².